The molecule has 0 saturated carbocycles. The van der Waals surface area contributed by atoms with Crippen LogP contribution in [0.15, 0.2) is 15.8 Å². The van der Waals surface area contributed by atoms with Gasteiger partial charge in [0.1, 0.15) is 17.2 Å². The summed E-state index contributed by atoms with van der Waals surface area (Å²) in [5.41, 5.74) is 0. The highest BCUT2D eigenvalue weighted by Gasteiger charge is 2.09. The van der Waals surface area contributed by atoms with Gasteiger partial charge in [-0.2, -0.15) is 0 Å². The summed E-state index contributed by atoms with van der Waals surface area (Å²) < 4.78 is 0.981. The van der Waals surface area contributed by atoms with E-state index in [1.807, 2.05) is 0 Å². The van der Waals surface area contributed by atoms with E-state index in [0.717, 1.165) is 34.0 Å². The SMILES string of the molecule is CCCNc1ncnc(SCC(C)C)c1Br. The average Bonchev–Trinajstić information content (AvgIpc) is 2.26. The highest BCUT2D eigenvalue weighted by atomic mass is 79.9. The lowest BCUT2D eigenvalue weighted by atomic mass is 10.3. The van der Waals surface area contributed by atoms with Gasteiger partial charge in [-0.3, -0.25) is 0 Å². The number of aromatic nitrogens is 2. The molecule has 0 amide bonds. The Kier molecular flexibility index (Phi) is 6.13. The molecule has 0 bridgehead atoms. The van der Waals surface area contributed by atoms with Gasteiger partial charge in [-0.15, -0.1) is 11.8 Å². The average molecular weight is 304 g/mol. The Balaban J connectivity index is 2.70. The molecule has 0 aliphatic carbocycles. The van der Waals surface area contributed by atoms with Crippen molar-refractivity contribution in [3.63, 3.8) is 0 Å². The van der Waals surface area contributed by atoms with Crippen molar-refractivity contribution in [1.82, 2.24) is 9.97 Å². The van der Waals surface area contributed by atoms with Crippen molar-refractivity contribution in [3.8, 4) is 0 Å². The van der Waals surface area contributed by atoms with E-state index >= 15 is 0 Å². The molecule has 0 spiro atoms. The molecule has 0 aliphatic rings. The predicted molar refractivity (Wildman–Crippen MR) is 74.1 cm³/mol. The molecule has 0 saturated heterocycles. The maximum absolute atomic E-state index is 4.28. The molecule has 1 rings (SSSR count). The Morgan fingerprint density at radius 1 is 1.44 bits per heavy atom. The van der Waals surface area contributed by atoms with Crippen LogP contribution in [0, 0.1) is 5.92 Å². The normalized spacial score (nSPS) is 10.8. The molecule has 1 aromatic rings. The summed E-state index contributed by atoms with van der Waals surface area (Å²) >= 11 is 5.32. The van der Waals surface area contributed by atoms with Crippen molar-refractivity contribution in [2.45, 2.75) is 32.2 Å². The topological polar surface area (TPSA) is 37.8 Å². The van der Waals surface area contributed by atoms with Crippen LogP contribution in [0.3, 0.4) is 0 Å². The number of thioether (sulfide) groups is 1. The molecule has 0 fully saturated rings. The first-order valence-electron chi connectivity index (χ1n) is 5.52. The third-order valence-corrected chi connectivity index (χ3v) is 4.28. The van der Waals surface area contributed by atoms with Crippen LogP contribution in [0.5, 0.6) is 0 Å². The van der Waals surface area contributed by atoms with E-state index in [4.69, 9.17) is 0 Å². The number of hydrogen-bond donors (Lipinski definition) is 1. The zero-order valence-electron chi connectivity index (χ0n) is 9.96. The van der Waals surface area contributed by atoms with Gasteiger partial charge in [-0.05, 0) is 28.3 Å². The first kappa shape index (κ1) is 13.8. The van der Waals surface area contributed by atoms with Gasteiger partial charge in [0.15, 0.2) is 0 Å². The van der Waals surface area contributed by atoms with Crippen molar-refractivity contribution < 1.29 is 0 Å². The smallest absolute Gasteiger partial charge is 0.144 e. The number of halogens is 1. The molecule has 0 unspecified atom stereocenters. The highest BCUT2D eigenvalue weighted by Crippen LogP contribution is 2.30. The van der Waals surface area contributed by atoms with E-state index in [2.05, 4.69) is 52.0 Å². The zero-order chi connectivity index (χ0) is 12.0. The molecule has 0 radical (unpaired) electrons. The quantitative estimate of drug-likeness (QED) is 0.640. The van der Waals surface area contributed by atoms with E-state index < -0.39 is 0 Å². The number of nitrogens with zero attached hydrogens (tertiary/aromatic N) is 2. The molecular weight excluding hydrogens is 286 g/mol. The number of hydrogen-bond acceptors (Lipinski definition) is 4. The Labute approximate surface area is 110 Å². The second-order valence-corrected chi connectivity index (χ2v) is 5.77. The van der Waals surface area contributed by atoms with Gasteiger partial charge in [-0.1, -0.05) is 20.8 Å². The lowest BCUT2D eigenvalue weighted by Crippen LogP contribution is -2.04. The van der Waals surface area contributed by atoms with E-state index in [0.29, 0.717) is 5.92 Å². The Morgan fingerprint density at radius 2 is 2.19 bits per heavy atom. The van der Waals surface area contributed by atoms with Crippen LogP contribution in [-0.4, -0.2) is 22.3 Å². The third-order valence-electron chi connectivity index (χ3n) is 1.85. The van der Waals surface area contributed by atoms with E-state index in [1.54, 1.807) is 18.1 Å². The summed E-state index contributed by atoms with van der Waals surface area (Å²) in [6, 6.07) is 0. The van der Waals surface area contributed by atoms with Gasteiger partial charge in [-0.25, -0.2) is 9.97 Å². The van der Waals surface area contributed by atoms with E-state index in [9.17, 15) is 0 Å². The summed E-state index contributed by atoms with van der Waals surface area (Å²) in [7, 11) is 0. The summed E-state index contributed by atoms with van der Waals surface area (Å²) in [5.74, 6) is 2.63. The largest absolute Gasteiger partial charge is 0.369 e. The fraction of sp³-hybridized carbons (Fsp3) is 0.636. The summed E-state index contributed by atoms with van der Waals surface area (Å²) in [6.07, 6.45) is 2.70. The minimum Gasteiger partial charge on any atom is -0.369 e. The van der Waals surface area contributed by atoms with Gasteiger partial charge in [0.25, 0.3) is 0 Å². The third kappa shape index (κ3) is 4.29. The molecule has 1 aromatic heterocycles. The Bertz CT molecular complexity index is 331. The molecular formula is C11H18BrN3S. The van der Waals surface area contributed by atoms with Crippen molar-refractivity contribution in [1.29, 1.82) is 0 Å². The van der Waals surface area contributed by atoms with Crippen molar-refractivity contribution >= 4 is 33.5 Å². The van der Waals surface area contributed by atoms with Crippen LogP contribution < -0.4 is 5.32 Å². The van der Waals surface area contributed by atoms with Crippen molar-refractivity contribution in [2.75, 3.05) is 17.6 Å². The summed E-state index contributed by atoms with van der Waals surface area (Å²) in [4.78, 5) is 8.51. The van der Waals surface area contributed by atoms with Gasteiger partial charge in [0.05, 0.1) is 4.47 Å². The standard InChI is InChI=1S/C11H18BrN3S/c1-4-5-13-10-9(12)11(15-7-14-10)16-6-8(2)3/h7-8H,4-6H2,1-3H3,(H,13,14,15). The summed E-state index contributed by atoms with van der Waals surface area (Å²) in [5, 5.41) is 4.30. The number of nitrogens with one attached hydrogen (secondary N) is 1. The zero-order valence-corrected chi connectivity index (χ0v) is 12.4. The van der Waals surface area contributed by atoms with Crippen LogP contribution in [0.2, 0.25) is 0 Å². The first-order chi connectivity index (χ1) is 7.65. The van der Waals surface area contributed by atoms with Gasteiger partial charge >= 0.3 is 0 Å². The van der Waals surface area contributed by atoms with Crippen LogP contribution in [0.4, 0.5) is 5.82 Å². The summed E-state index contributed by atoms with van der Waals surface area (Å²) in [6.45, 7) is 7.48. The minimum absolute atomic E-state index is 0.666. The van der Waals surface area contributed by atoms with Crippen LogP contribution in [0.1, 0.15) is 27.2 Å². The molecule has 0 aromatic carbocycles. The molecule has 0 aliphatic heterocycles. The number of anilines is 1. The van der Waals surface area contributed by atoms with Crippen LogP contribution in [0.25, 0.3) is 0 Å². The monoisotopic (exact) mass is 303 g/mol. The maximum Gasteiger partial charge on any atom is 0.144 e. The van der Waals surface area contributed by atoms with Gasteiger partial charge in [0.2, 0.25) is 0 Å². The van der Waals surface area contributed by atoms with Crippen LogP contribution in [-0.2, 0) is 0 Å². The molecule has 16 heavy (non-hydrogen) atoms. The molecule has 90 valence electrons. The molecule has 3 nitrogen and oxygen atoms in total. The minimum atomic E-state index is 0.666. The molecule has 5 heteroatoms. The van der Waals surface area contributed by atoms with Gasteiger partial charge < -0.3 is 5.32 Å². The Hall–Kier alpha value is -0.290. The second-order valence-electron chi connectivity index (χ2n) is 3.97. The fourth-order valence-corrected chi connectivity index (χ4v) is 2.59. The lowest BCUT2D eigenvalue weighted by molar-refractivity contribution is 0.749. The van der Waals surface area contributed by atoms with Crippen molar-refractivity contribution in [3.05, 3.63) is 10.8 Å². The highest BCUT2D eigenvalue weighted by molar-refractivity contribution is 9.10. The second kappa shape index (κ2) is 7.12. The van der Waals surface area contributed by atoms with Crippen molar-refractivity contribution in [2.24, 2.45) is 5.92 Å². The van der Waals surface area contributed by atoms with Crippen LogP contribution >= 0.6 is 27.7 Å². The predicted octanol–water partition coefficient (Wildman–Crippen LogP) is 3.81. The van der Waals surface area contributed by atoms with Gasteiger partial charge in [0, 0.05) is 12.3 Å². The molecule has 1 N–H and O–H groups in total. The maximum atomic E-state index is 4.28. The Morgan fingerprint density at radius 3 is 2.81 bits per heavy atom. The molecule has 1 heterocycles. The fourth-order valence-electron chi connectivity index (χ4n) is 1.07. The number of rotatable bonds is 6. The lowest BCUT2D eigenvalue weighted by Gasteiger charge is -2.09. The van der Waals surface area contributed by atoms with E-state index in [-0.39, 0.29) is 0 Å². The molecule has 0 atom stereocenters. The first-order valence-corrected chi connectivity index (χ1v) is 7.30. The van der Waals surface area contributed by atoms with E-state index in [1.165, 1.54) is 0 Å².